The van der Waals surface area contributed by atoms with E-state index in [0.29, 0.717) is 31.9 Å². The van der Waals surface area contributed by atoms with Gasteiger partial charge in [-0.15, -0.1) is 11.3 Å². The first-order valence-corrected chi connectivity index (χ1v) is 8.25. The van der Waals surface area contributed by atoms with Gasteiger partial charge in [-0.25, -0.2) is 9.97 Å². The van der Waals surface area contributed by atoms with Crippen LogP contribution in [0.5, 0.6) is 0 Å². The fourth-order valence-electron chi connectivity index (χ4n) is 2.40. The van der Waals surface area contributed by atoms with Crippen molar-refractivity contribution in [3.8, 4) is 0 Å². The van der Waals surface area contributed by atoms with Gasteiger partial charge in [0, 0.05) is 18.3 Å². The molecule has 1 unspecified atom stereocenters. The molecule has 1 aliphatic rings. The van der Waals surface area contributed by atoms with Crippen molar-refractivity contribution in [1.29, 1.82) is 0 Å². The van der Waals surface area contributed by atoms with E-state index in [9.17, 15) is 4.79 Å². The average molecular weight is 321 g/mol. The summed E-state index contributed by atoms with van der Waals surface area (Å²) in [4.78, 5) is 23.0. The number of carbonyl (C=O) groups is 1. The van der Waals surface area contributed by atoms with Crippen LogP contribution in [0.3, 0.4) is 0 Å². The van der Waals surface area contributed by atoms with Gasteiger partial charge in [0.05, 0.1) is 30.3 Å². The van der Waals surface area contributed by atoms with Crippen LogP contribution >= 0.6 is 11.3 Å². The van der Waals surface area contributed by atoms with Gasteiger partial charge in [0.1, 0.15) is 11.9 Å². The summed E-state index contributed by atoms with van der Waals surface area (Å²) in [6, 6.07) is 0. The lowest BCUT2D eigenvalue weighted by Crippen LogP contribution is -2.43. The maximum Gasteiger partial charge on any atom is 0.228 e. The van der Waals surface area contributed by atoms with Crippen LogP contribution < -0.4 is 0 Å². The second-order valence-electron chi connectivity index (χ2n) is 5.23. The average Bonchev–Trinajstić information content (AvgIpc) is 3.16. The van der Waals surface area contributed by atoms with Gasteiger partial charge < -0.3 is 9.64 Å². The third kappa shape index (κ3) is 3.33. The number of ether oxygens (including phenoxy) is 1. The van der Waals surface area contributed by atoms with Gasteiger partial charge in [0.15, 0.2) is 5.82 Å². The fourth-order valence-corrected chi connectivity index (χ4v) is 3.01. The van der Waals surface area contributed by atoms with E-state index in [1.165, 1.54) is 0 Å². The number of hydrogen-bond donors (Lipinski definition) is 1. The maximum atomic E-state index is 12.4. The van der Waals surface area contributed by atoms with Crippen molar-refractivity contribution < 1.29 is 9.53 Å². The van der Waals surface area contributed by atoms with Crippen LogP contribution in [0.4, 0.5) is 0 Å². The first-order chi connectivity index (χ1) is 10.7. The second kappa shape index (κ2) is 6.53. The molecule has 2 aromatic rings. The molecule has 1 saturated heterocycles. The van der Waals surface area contributed by atoms with E-state index >= 15 is 0 Å². The Bertz CT molecular complexity index is 653. The van der Waals surface area contributed by atoms with E-state index in [-0.39, 0.29) is 12.0 Å². The summed E-state index contributed by atoms with van der Waals surface area (Å²) in [5, 5.41) is 9.99. The summed E-state index contributed by atoms with van der Waals surface area (Å²) in [6.45, 7) is 5.55. The number of aromatic amines is 1. The molecule has 8 heteroatoms. The quantitative estimate of drug-likeness (QED) is 0.917. The molecule has 1 aliphatic heterocycles. The normalized spacial score (nSPS) is 18.6. The summed E-state index contributed by atoms with van der Waals surface area (Å²) >= 11 is 1.57. The Hall–Kier alpha value is -1.80. The first kappa shape index (κ1) is 15.1. The van der Waals surface area contributed by atoms with Crippen LogP contribution in [-0.4, -0.2) is 50.7 Å². The highest BCUT2D eigenvalue weighted by Gasteiger charge is 2.28. The molecule has 0 aromatic carbocycles. The zero-order chi connectivity index (χ0) is 15.5. The van der Waals surface area contributed by atoms with Gasteiger partial charge in [-0.3, -0.25) is 9.89 Å². The Balaban J connectivity index is 1.63. The Morgan fingerprint density at radius 2 is 2.41 bits per heavy atom. The van der Waals surface area contributed by atoms with Crippen molar-refractivity contribution in [1.82, 2.24) is 25.1 Å². The van der Waals surface area contributed by atoms with E-state index in [1.54, 1.807) is 11.3 Å². The van der Waals surface area contributed by atoms with Gasteiger partial charge in [0.2, 0.25) is 5.91 Å². The number of nitrogens with one attached hydrogen (secondary N) is 1. The van der Waals surface area contributed by atoms with Crippen molar-refractivity contribution >= 4 is 17.2 Å². The number of aryl methyl sites for hydroxylation is 2. The molecule has 0 bridgehead atoms. The molecule has 1 amide bonds. The van der Waals surface area contributed by atoms with Gasteiger partial charge in [-0.1, -0.05) is 6.92 Å². The number of thiazole rings is 1. The predicted molar refractivity (Wildman–Crippen MR) is 81.6 cm³/mol. The number of aromatic nitrogens is 4. The van der Waals surface area contributed by atoms with Gasteiger partial charge >= 0.3 is 0 Å². The molecule has 1 atom stereocenters. The molecule has 7 nitrogen and oxygen atoms in total. The molecule has 3 rings (SSSR count). The number of rotatable bonds is 4. The minimum atomic E-state index is -0.258. The second-order valence-corrected chi connectivity index (χ2v) is 6.29. The third-order valence-corrected chi connectivity index (χ3v) is 4.41. The predicted octanol–water partition coefficient (Wildman–Crippen LogP) is 1.27. The van der Waals surface area contributed by atoms with Crippen molar-refractivity contribution in [2.75, 3.05) is 19.7 Å². The minimum absolute atomic E-state index is 0.0739. The Kier molecular flexibility index (Phi) is 4.49. The van der Waals surface area contributed by atoms with Crippen LogP contribution in [0.2, 0.25) is 0 Å². The van der Waals surface area contributed by atoms with E-state index < -0.39 is 0 Å². The summed E-state index contributed by atoms with van der Waals surface area (Å²) < 4.78 is 5.70. The van der Waals surface area contributed by atoms with Crippen LogP contribution in [0.15, 0.2) is 5.38 Å². The molecule has 1 fully saturated rings. The van der Waals surface area contributed by atoms with Crippen molar-refractivity contribution in [2.24, 2.45) is 0 Å². The van der Waals surface area contributed by atoms with Crippen LogP contribution in [0.25, 0.3) is 0 Å². The largest absolute Gasteiger partial charge is 0.366 e. The highest BCUT2D eigenvalue weighted by Crippen LogP contribution is 2.20. The fraction of sp³-hybridized carbons (Fsp3) is 0.571. The molecule has 2 aromatic heterocycles. The standard InChI is InChI=1S/C14H19N5O2S/c1-3-12-16-14(18-17-12)11-7-19(4-5-21-11)13(20)6-10-8-22-9(2)15-10/h8,11H,3-7H2,1-2H3,(H,16,17,18). The number of amides is 1. The van der Waals surface area contributed by atoms with Crippen molar-refractivity contribution in [3.63, 3.8) is 0 Å². The summed E-state index contributed by atoms with van der Waals surface area (Å²) in [5.41, 5.74) is 0.835. The first-order valence-electron chi connectivity index (χ1n) is 7.37. The van der Waals surface area contributed by atoms with Crippen LogP contribution in [-0.2, 0) is 22.4 Å². The Morgan fingerprint density at radius 1 is 1.55 bits per heavy atom. The van der Waals surface area contributed by atoms with Crippen molar-refractivity contribution in [3.05, 3.63) is 27.7 Å². The number of carbonyl (C=O) groups excluding carboxylic acids is 1. The molecule has 0 radical (unpaired) electrons. The molecular weight excluding hydrogens is 302 g/mol. The number of morpholine rings is 1. The summed E-state index contributed by atoms with van der Waals surface area (Å²) in [7, 11) is 0. The lowest BCUT2D eigenvalue weighted by Gasteiger charge is -2.31. The molecular formula is C14H19N5O2S. The molecule has 118 valence electrons. The SMILES string of the molecule is CCc1nc(C2CN(C(=O)Cc3csc(C)n3)CCO2)n[nH]1. The monoisotopic (exact) mass is 321 g/mol. The highest BCUT2D eigenvalue weighted by molar-refractivity contribution is 7.09. The lowest BCUT2D eigenvalue weighted by atomic mass is 10.2. The number of hydrogen-bond acceptors (Lipinski definition) is 6. The smallest absolute Gasteiger partial charge is 0.228 e. The van der Waals surface area contributed by atoms with E-state index in [1.807, 2.05) is 24.1 Å². The Morgan fingerprint density at radius 3 is 3.09 bits per heavy atom. The third-order valence-electron chi connectivity index (χ3n) is 3.59. The van der Waals surface area contributed by atoms with Gasteiger partial charge in [-0.05, 0) is 6.92 Å². The summed E-state index contributed by atoms with van der Waals surface area (Å²) in [5.74, 6) is 1.53. The van der Waals surface area contributed by atoms with E-state index in [2.05, 4.69) is 20.2 Å². The lowest BCUT2D eigenvalue weighted by molar-refractivity contribution is -0.138. The Labute approximate surface area is 132 Å². The van der Waals surface area contributed by atoms with Gasteiger partial charge in [-0.2, -0.15) is 5.10 Å². The number of H-pyrrole nitrogens is 1. The molecule has 3 heterocycles. The van der Waals surface area contributed by atoms with Crippen LogP contribution in [0.1, 0.15) is 35.4 Å². The van der Waals surface area contributed by atoms with E-state index in [4.69, 9.17) is 4.74 Å². The van der Waals surface area contributed by atoms with Gasteiger partial charge in [0.25, 0.3) is 0 Å². The molecule has 0 spiro atoms. The zero-order valence-corrected chi connectivity index (χ0v) is 13.5. The van der Waals surface area contributed by atoms with Crippen LogP contribution in [0, 0.1) is 6.92 Å². The molecule has 22 heavy (non-hydrogen) atoms. The van der Waals surface area contributed by atoms with Crippen molar-refractivity contribution in [2.45, 2.75) is 32.8 Å². The zero-order valence-electron chi connectivity index (χ0n) is 12.7. The molecule has 0 aliphatic carbocycles. The number of nitrogens with zero attached hydrogens (tertiary/aromatic N) is 4. The molecule has 1 N–H and O–H groups in total. The highest BCUT2D eigenvalue weighted by atomic mass is 32.1. The summed E-state index contributed by atoms with van der Waals surface area (Å²) in [6.07, 6.45) is 0.878. The topological polar surface area (TPSA) is 84.0 Å². The maximum absolute atomic E-state index is 12.4. The molecule has 0 saturated carbocycles. The van der Waals surface area contributed by atoms with E-state index in [0.717, 1.165) is 22.9 Å². The minimum Gasteiger partial charge on any atom is -0.366 e.